The van der Waals surface area contributed by atoms with Crippen LogP contribution in [-0.4, -0.2) is 6.21 Å². The molecule has 2 nitrogen and oxygen atoms in total. The van der Waals surface area contributed by atoms with Crippen molar-refractivity contribution >= 4 is 43.8 Å². The number of hydrogen-bond donors (Lipinski definition) is 2. The molecule has 0 unspecified atom stereocenters. The Labute approximate surface area is 87.9 Å². The molecule has 0 saturated heterocycles. The highest BCUT2D eigenvalue weighted by Crippen LogP contribution is 2.32. The molecule has 0 aromatic heterocycles. The van der Waals surface area contributed by atoms with E-state index in [1.165, 1.54) is 6.21 Å². The molecule has 0 heterocycles. The molecule has 0 fully saturated rings. The van der Waals surface area contributed by atoms with Crippen molar-refractivity contribution < 1.29 is 0 Å². The minimum absolute atomic E-state index is 0.623. The summed E-state index contributed by atoms with van der Waals surface area (Å²) < 4.78 is 1.80. The molecule has 0 atom stereocenters. The van der Waals surface area contributed by atoms with Crippen LogP contribution in [0.15, 0.2) is 15.0 Å². The number of benzene rings is 1. The van der Waals surface area contributed by atoms with Crippen molar-refractivity contribution in [2.75, 3.05) is 5.73 Å². The molecule has 1 rings (SSSR count). The standard InChI is InChI=1S/C8H8Br2N2/c1-4-2-6(12)5(3-11)8(10)7(4)9/h2-3,11H,12H2,1H3. The smallest absolute Gasteiger partial charge is 0.0428 e. The second kappa shape index (κ2) is 3.58. The van der Waals surface area contributed by atoms with Crippen LogP contribution in [0.3, 0.4) is 0 Å². The lowest BCUT2D eigenvalue weighted by Gasteiger charge is -2.07. The van der Waals surface area contributed by atoms with Gasteiger partial charge in [0.05, 0.1) is 0 Å². The van der Waals surface area contributed by atoms with Crippen LogP contribution < -0.4 is 5.73 Å². The van der Waals surface area contributed by atoms with Crippen molar-refractivity contribution in [1.29, 1.82) is 5.41 Å². The molecule has 0 bridgehead atoms. The Kier molecular flexibility index (Phi) is 2.90. The van der Waals surface area contributed by atoms with Crippen LogP contribution in [-0.2, 0) is 0 Å². The lowest BCUT2D eigenvalue weighted by molar-refractivity contribution is 1.39. The second-order valence-electron chi connectivity index (χ2n) is 2.47. The van der Waals surface area contributed by atoms with Gasteiger partial charge in [-0.1, -0.05) is 0 Å². The molecule has 1 aromatic carbocycles. The Bertz CT molecular complexity index is 334. The van der Waals surface area contributed by atoms with E-state index in [4.69, 9.17) is 11.1 Å². The van der Waals surface area contributed by atoms with Crippen molar-refractivity contribution in [2.24, 2.45) is 0 Å². The van der Waals surface area contributed by atoms with Gasteiger partial charge in [-0.25, -0.2) is 0 Å². The van der Waals surface area contributed by atoms with Gasteiger partial charge >= 0.3 is 0 Å². The first-order chi connectivity index (χ1) is 5.57. The SMILES string of the molecule is Cc1cc(N)c(C=N)c(Br)c1Br. The fourth-order valence-corrected chi connectivity index (χ4v) is 1.92. The van der Waals surface area contributed by atoms with Crippen molar-refractivity contribution in [2.45, 2.75) is 6.92 Å². The number of nitrogens with two attached hydrogens (primary N) is 1. The molecule has 0 aliphatic rings. The maximum absolute atomic E-state index is 7.14. The van der Waals surface area contributed by atoms with E-state index in [1.807, 2.05) is 13.0 Å². The van der Waals surface area contributed by atoms with Gasteiger partial charge in [0.25, 0.3) is 0 Å². The molecular weight excluding hydrogens is 284 g/mol. The van der Waals surface area contributed by atoms with Crippen LogP contribution in [0.5, 0.6) is 0 Å². The average molecular weight is 292 g/mol. The minimum Gasteiger partial charge on any atom is -0.398 e. The number of aryl methyl sites for hydroxylation is 1. The van der Waals surface area contributed by atoms with Crippen LogP contribution in [0.25, 0.3) is 0 Å². The first-order valence-electron chi connectivity index (χ1n) is 3.32. The summed E-state index contributed by atoms with van der Waals surface area (Å²) in [4.78, 5) is 0. The summed E-state index contributed by atoms with van der Waals surface area (Å²) in [7, 11) is 0. The molecule has 1 aromatic rings. The molecule has 12 heavy (non-hydrogen) atoms. The van der Waals surface area contributed by atoms with Gasteiger partial charge in [-0.15, -0.1) is 0 Å². The van der Waals surface area contributed by atoms with E-state index >= 15 is 0 Å². The molecule has 4 heteroatoms. The Morgan fingerprint density at radius 1 is 1.42 bits per heavy atom. The van der Waals surface area contributed by atoms with Crippen LogP contribution in [0.1, 0.15) is 11.1 Å². The highest BCUT2D eigenvalue weighted by molar-refractivity contribution is 9.13. The van der Waals surface area contributed by atoms with Gasteiger partial charge in [-0.3, -0.25) is 0 Å². The van der Waals surface area contributed by atoms with Gasteiger partial charge in [0.1, 0.15) is 0 Å². The Balaban J connectivity index is 3.51. The van der Waals surface area contributed by atoms with Gasteiger partial charge in [0.2, 0.25) is 0 Å². The van der Waals surface area contributed by atoms with E-state index in [0.717, 1.165) is 14.5 Å². The monoisotopic (exact) mass is 290 g/mol. The van der Waals surface area contributed by atoms with Gasteiger partial charge in [-0.05, 0) is 50.4 Å². The zero-order chi connectivity index (χ0) is 9.30. The number of halogens is 2. The number of nitrogens with one attached hydrogen (secondary N) is 1. The quantitative estimate of drug-likeness (QED) is 0.606. The molecule has 3 N–H and O–H groups in total. The van der Waals surface area contributed by atoms with Crippen molar-refractivity contribution in [3.8, 4) is 0 Å². The molecular formula is C8H8Br2N2. The topological polar surface area (TPSA) is 49.9 Å². The zero-order valence-electron chi connectivity index (χ0n) is 6.49. The van der Waals surface area contributed by atoms with Gasteiger partial charge in [0.15, 0.2) is 0 Å². The zero-order valence-corrected chi connectivity index (χ0v) is 9.66. The number of nitrogen functional groups attached to an aromatic ring is 1. The van der Waals surface area contributed by atoms with Gasteiger partial charge < -0.3 is 11.1 Å². The fourth-order valence-electron chi connectivity index (χ4n) is 0.939. The Morgan fingerprint density at radius 3 is 2.50 bits per heavy atom. The molecule has 0 aliphatic heterocycles. The van der Waals surface area contributed by atoms with Crippen molar-refractivity contribution in [1.82, 2.24) is 0 Å². The molecule has 0 radical (unpaired) electrons. The normalized spacial score (nSPS) is 9.92. The summed E-state index contributed by atoms with van der Waals surface area (Å²) in [5.41, 5.74) is 8.10. The van der Waals surface area contributed by atoms with Gasteiger partial charge in [-0.2, -0.15) is 0 Å². The third kappa shape index (κ3) is 1.54. The van der Waals surface area contributed by atoms with E-state index in [1.54, 1.807) is 0 Å². The summed E-state index contributed by atoms with van der Waals surface area (Å²) in [6, 6.07) is 1.84. The number of hydrogen-bond acceptors (Lipinski definition) is 2. The third-order valence-corrected chi connectivity index (χ3v) is 3.98. The van der Waals surface area contributed by atoms with Gasteiger partial charge in [0, 0.05) is 26.4 Å². The summed E-state index contributed by atoms with van der Waals surface area (Å²) >= 11 is 6.76. The first-order valence-corrected chi connectivity index (χ1v) is 4.91. The third-order valence-electron chi connectivity index (χ3n) is 1.60. The van der Waals surface area contributed by atoms with E-state index < -0.39 is 0 Å². The largest absolute Gasteiger partial charge is 0.398 e. The van der Waals surface area contributed by atoms with E-state index in [-0.39, 0.29) is 0 Å². The van der Waals surface area contributed by atoms with Crippen molar-refractivity contribution in [3.05, 3.63) is 26.1 Å². The summed E-state index contributed by atoms with van der Waals surface area (Å²) in [5, 5.41) is 7.14. The van der Waals surface area contributed by atoms with Crippen LogP contribution >= 0.6 is 31.9 Å². The second-order valence-corrected chi connectivity index (χ2v) is 4.05. The maximum atomic E-state index is 7.14. The maximum Gasteiger partial charge on any atom is 0.0428 e. The fraction of sp³-hybridized carbons (Fsp3) is 0.125. The lowest BCUT2D eigenvalue weighted by Crippen LogP contribution is -1.96. The van der Waals surface area contributed by atoms with Crippen LogP contribution in [0.2, 0.25) is 0 Å². The highest BCUT2D eigenvalue weighted by Gasteiger charge is 2.08. The number of rotatable bonds is 1. The van der Waals surface area contributed by atoms with Crippen molar-refractivity contribution in [3.63, 3.8) is 0 Å². The minimum atomic E-state index is 0.623. The molecule has 0 saturated carbocycles. The van der Waals surface area contributed by atoms with E-state index in [9.17, 15) is 0 Å². The molecule has 0 spiro atoms. The highest BCUT2D eigenvalue weighted by atomic mass is 79.9. The molecule has 64 valence electrons. The average Bonchev–Trinajstić information content (AvgIpc) is 2.01. The summed E-state index contributed by atoms with van der Waals surface area (Å²) in [6.45, 7) is 1.96. The lowest BCUT2D eigenvalue weighted by atomic mass is 10.1. The first kappa shape index (κ1) is 9.74. The van der Waals surface area contributed by atoms with E-state index in [0.29, 0.717) is 11.3 Å². The summed E-state index contributed by atoms with van der Waals surface area (Å²) in [6.07, 6.45) is 1.24. The Morgan fingerprint density at radius 2 is 2.00 bits per heavy atom. The van der Waals surface area contributed by atoms with Crippen LogP contribution in [0, 0.1) is 12.3 Å². The number of anilines is 1. The Hall–Kier alpha value is -0.350. The van der Waals surface area contributed by atoms with E-state index in [2.05, 4.69) is 31.9 Å². The predicted molar refractivity (Wildman–Crippen MR) is 58.9 cm³/mol. The molecule has 0 aliphatic carbocycles. The predicted octanol–water partition coefficient (Wildman–Crippen LogP) is 3.10. The summed E-state index contributed by atoms with van der Waals surface area (Å²) in [5.74, 6) is 0. The van der Waals surface area contributed by atoms with Crippen LogP contribution in [0.4, 0.5) is 5.69 Å². The molecule has 0 amide bonds.